The quantitative estimate of drug-likeness (QED) is 0.777. The van der Waals surface area contributed by atoms with E-state index in [-0.39, 0.29) is 23.6 Å². The maximum absolute atomic E-state index is 13.8. The lowest BCUT2D eigenvalue weighted by molar-refractivity contribution is -0.122. The van der Waals surface area contributed by atoms with Crippen LogP contribution in [0.4, 0.5) is 4.39 Å². The highest BCUT2D eigenvalue weighted by atomic mass is 19.1. The Hall–Kier alpha value is -3.02. The Balaban J connectivity index is 1.68. The van der Waals surface area contributed by atoms with Crippen LogP contribution in [0.15, 0.2) is 59.5 Å². The molecule has 0 fully saturated rings. The Morgan fingerprint density at radius 3 is 2.72 bits per heavy atom. The molecule has 0 radical (unpaired) electrons. The number of hydrogen-bond acceptors (Lipinski definition) is 3. The Morgan fingerprint density at radius 2 is 1.92 bits per heavy atom. The number of benzene rings is 2. The molecule has 0 spiro atoms. The van der Waals surface area contributed by atoms with Gasteiger partial charge in [-0.05, 0) is 25.1 Å². The molecule has 0 saturated heterocycles. The van der Waals surface area contributed by atoms with E-state index < -0.39 is 6.04 Å². The van der Waals surface area contributed by atoms with E-state index in [1.54, 1.807) is 48.0 Å². The molecule has 0 unspecified atom stereocenters. The third-order valence-electron chi connectivity index (χ3n) is 4.06. The van der Waals surface area contributed by atoms with Gasteiger partial charge in [-0.2, -0.15) is 5.10 Å². The number of hydrogen-bond donors (Lipinski definition) is 1. The van der Waals surface area contributed by atoms with Gasteiger partial charge >= 0.3 is 0 Å². The summed E-state index contributed by atoms with van der Waals surface area (Å²) in [5, 5.41) is 7.45. The molecule has 3 aromatic rings. The zero-order chi connectivity index (χ0) is 17.8. The highest BCUT2D eigenvalue weighted by Gasteiger charge is 2.13. The van der Waals surface area contributed by atoms with E-state index >= 15 is 0 Å². The molecule has 128 valence electrons. The average molecular weight is 339 g/mol. The lowest BCUT2D eigenvalue weighted by Crippen LogP contribution is -2.28. The van der Waals surface area contributed by atoms with Crippen molar-refractivity contribution in [2.45, 2.75) is 25.9 Å². The number of carbonyl (C=O) groups excluding carboxylic acids is 1. The molecule has 3 rings (SSSR count). The first-order valence-corrected chi connectivity index (χ1v) is 8.05. The van der Waals surface area contributed by atoms with Gasteiger partial charge in [0.05, 0.1) is 24.3 Å². The summed E-state index contributed by atoms with van der Waals surface area (Å²) >= 11 is 0. The van der Waals surface area contributed by atoms with Gasteiger partial charge in [0.1, 0.15) is 5.82 Å². The van der Waals surface area contributed by atoms with Gasteiger partial charge in [-0.15, -0.1) is 0 Å². The second kappa shape index (κ2) is 7.25. The fourth-order valence-electron chi connectivity index (χ4n) is 2.76. The molecule has 0 aliphatic rings. The van der Waals surface area contributed by atoms with Gasteiger partial charge in [0, 0.05) is 17.4 Å². The van der Waals surface area contributed by atoms with Crippen LogP contribution in [0, 0.1) is 5.82 Å². The number of fused-ring (bicyclic) bond motifs is 1. The van der Waals surface area contributed by atoms with Crippen molar-refractivity contribution in [3.8, 4) is 0 Å². The zero-order valence-corrected chi connectivity index (χ0v) is 13.8. The molecule has 1 atom stereocenters. The summed E-state index contributed by atoms with van der Waals surface area (Å²) in [7, 11) is 0. The Kier molecular flexibility index (Phi) is 4.88. The van der Waals surface area contributed by atoms with Crippen molar-refractivity contribution in [2.24, 2.45) is 0 Å². The molecule has 25 heavy (non-hydrogen) atoms. The summed E-state index contributed by atoms with van der Waals surface area (Å²) in [5.74, 6) is -0.552. The van der Waals surface area contributed by atoms with E-state index in [1.165, 1.54) is 12.3 Å². The Bertz CT molecular complexity index is 968. The lowest BCUT2D eigenvalue weighted by Gasteiger charge is -2.15. The van der Waals surface area contributed by atoms with Gasteiger partial charge in [-0.3, -0.25) is 14.3 Å². The minimum absolute atomic E-state index is 0.149. The molecular weight excluding hydrogens is 321 g/mol. The van der Waals surface area contributed by atoms with Gasteiger partial charge in [-0.1, -0.05) is 30.3 Å². The average Bonchev–Trinajstić information content (AvgIpc) is 2.61. The SMILES string of the molecule is C[C@@H](NC(=O)CCn1ncc(=O)c2ccccc21)c1ccccc1F. The first kappa shape index (κ1) is 16.8. The topological polar surface area (TPSA) is 64.0 Å². The van der Waals surface area contributed by atoms with Gasteiger partial charge in [0.25, 0.3) is 0 Å². The predicted molar refractivity (Wildman–Crippen MR) is 93.6 cm³/mol. The molecule has 2 aromatic carbocycles. The van der Waals surface area contributed by atoms with Crippen LogP contribution in [0.2, 0.25) is 0 Å². The smallest absolute Gasteiger partial charge is 0.222 e. The van der Waals surface area contributed by atoms with E-state index in [4.69, 9.17) is 0 Å². The molecule has 1 heterocycles. The summed E-state index contributed by atoms with van der Waals surface area (Å²) in [6.45, 7) is 2.07. The van der Waals surface area contributed by atoms with Crippen molar-refractivity contribution in [3.05, 3.63) is 76.3 Å². The fraction of sp³-hybridized carbons (Fsp3) is 0.211. The zero-order valence-electron chi connectivity index (χ0n) is 13.8. The molecule has 0 saturated carbocycles. The van der Waals surface area contributed by atoms with Crippen LogP contribution in [-0.4, -0.2) is 15.7 Å². The summed E-state index contributed by atoms with van der Waals surface area (Å²) in [5.41, 5.74) is 0.984. The highest BCUT2D eigenvalue weighted by Crippen LogP contribution is 2.16. The van der Waals surface area contributed by atoms with Gasteiger partial charge < -0.3 is 5.32 Å². The Labute approximate surface area is 144 Å². The van der Waals surface area contributed by atoms with E-state index in [0.29, 0.717) is 23.0 Å². The number of aryl methyl sites for hydroxylation is 1. The lowest BCUT2D eigenvalue weighted by atomic mass is 10.1. The van der Waals surface area contributed by atoms with Crippen LogP contribution in [0.3, 0.4) is 0 Å². The van der Waals surface area contributed by atoms with E-state index in [1.807, 2.05) is 6.07 Å². The third-order valence-corrected chi connectivity index (χ3v) is 4.06. The molecule has 0 bridgehead atoms. The number of aromatic nitrogens is 2. The monoisotopic (exact) mass is 339 g/mol. The number of amides is 1. The van der Waals surface area contributed by atoms with Crippen LogP contribution in [0.1, 0.15) is 24.9 Å². The van der Waals surface area contributed by atoms with Gasteiger partial charge in [0.15, 0.2) is 0 Å². The second-order valence-electron chi connectivity index (χ2n) is 5.81. The summed E-state index contributed by atoms with van der Waals surface area (Å²) < 4.78 is 15.4. The van der Waals surface area contributed by atoms with Crippen LogP contribution in [0.25, 0.3) is 10.9 Å². The number of nitrogens with one attached hydrogen (secondary N) is 1. The minimum atomic E-state index is -0.424. The largest absolute Gasteiger partial charge is 0.349 e. The van der Waals surface area contributed by atoms with Crippen LogP contribution < -0.4 is 10.7 Å². The van der Waals surface area contributed by atoms with E-state index in [2.05, 4.69) is 10.4 Å². The van der Waals surface area contributed by atoms with Gasteiger partial charge in [-0.25, -0.2) is 4.39 Å². The predicted octanol–water partition coefficient (Wildman–Crippen LogP) is 2.80. The highest BCUT2D eigenvalue weighted by molar-refractivity contribution is 5.79. The van der Waals surface area contributed by atoms with E-state index in [9.17, 15) is 14.0 Å². The van der Waals surface area contributed by atoms with Crippen molar-refractivity contribution in [2.75, 3.05) is 0 Å². The molecule has 0 aliphatic heterocycles. The number of rotatable bonds is 5. The minimum Gasteiger partial charge on any atom is -0.349 e. The molecule has 0 aliphatic carbocycles. The molecule has 1 N–H and O–H groups in total. The van der Waals surface area contributed by atoms with Crippen molar-refractivity contribution in [1.29, 1.82) is 0 Å². The molecule has 1 aromatic heterocycles. The first-order valence-electron chi connectivity index (χ1n) is 8.05. The molecule has 1 amide bonds. The number of halogens is 1. The number of carbonyl (C=O) groups is 1. The maximum Gasteiger partial charge on any atom is 0.222 e. The Morgan fingerprint density at radius 1 is 1.20 bits per heavy atom. The summed E-state index contributed by atoms with van der Waals surface area (Å²) in [6.07, 6.45) is 1.43. The normalized spacial score (nSPS) is 12.1. The maximum atomic E-state index is 13.8. The van der Waals surface area contributed by atoms with Crippen molar-refractivity contribution < 1.29 is 9.18 Å². The second-order valence-corrected chi connectivity index (χ2v) is 5.81. The molecular formula is C19H18FN3O2. The number of para-hydroxylation sites is 1. The molecule has 5 nitrogen and oxygen atoms in total. The van der Waals surface area contributed by atoms with E-state index in [0.717, 1.165) is 0 Å². The molecule has 6 heteroatoms. The number of nitrogens with zero attached hydrogens (tertiary/aromatic N) is 2. The van der Waals surface area contributed by atoms with Crippen molar-refractivity contribution in [3.63, 3.8) is 0 Å². The van der Waals surface area contributed by atoms with Crippen molar-refractivity contribution >= 4 is 16.8 Å². The fourth-order valence-corrected chi connectivity index (χ4v) is 2.76. The summed E-state index contributed by atoms with van der Waals surface area (Å²) in [4.78, 5) is 24.0. The first-order chi connectivity index (χ1) is 12.1. The van der Waals surface area contributed by atoms with Crippen LogP contribution >= 0.6 is 0 Å². The van der Waals surface area contributed by atoms with Crippen LogP contribution in [0.5, 0.6) is 0 Å². The standard InChI is InChI=1S/C19H18FN3O2/c1-13(14-6-2-4-8-16(14)20)22-19(25)10-11-23-17-9-5-3-7-15(17)18(24)12-21-23/h2-9,12-13H,10-11H2,1H3,(H,22,25)/t13-/m1/s1. The summed E-state index contributed by atoms with van der Waals surface area (Å²) in [6, 6.07) is 13.1. The van der Waals surface area contributed by atoms with Gasteiger partial charge in [0.2, 0.25) is 11.3 Å². The van der Waals surface area contributed by atoms with Crippen LogP contribution in [-0.2, 0) is 11.3 Å². The van der Waals surface area contributed by atoms with Crippen molar-refractivity contribution in [1.82, 2.24) is 15.1 Å². The third kappa shape index (κ3) is 3.74.